The zero-order valence-corrected chi connectivity index (χ0v) is 23.1. The van der Waals surface area contributed by atoms with Crippen molar-refractivity contribution < 1.29 is 27.5 Å². The number of anilines is 2. The standard InChI is InChI=1S/C33H33F3N2O3/c1-3-4-5-10-30(40)38-28-9-7-6-8-26(28)37-27-19-23(21-11-15-24(16-12-21)33(34,35)36)20-29(39)31(27)32(38)22-13-17-25(41-2)18-14-22/h6-9,11-18,23,32,37H,3-5,10,19-20H2,1-2H3/t23-,32+/m0/s1. The van der Waals surface area contributed by atoms with Crippen LogP contribution in [0.3, 0.4) is 0 Å². The minimum Gasteiger partial charge on any atom is -0.497 e. The summed E-state index contributed by atoms with van der Waals surface area (Å²) in [4.78, 5) is 29.7. The molecule has 3 aromatic rings. The van der Waals surface area contributed by atoms with Crippen molar-refractivity contribution in [2.75, 3.05) is 17.3 Å². The molecule has 0 aromatic heterocycles. The Balaban J connectivity index is 1.61. The minimum atomic E-state index is -4.43. The molecule has 5 rings (SSSR count). The SMILES string of the molecule is CCCCCC(=O)N1c2ccccc2NC2=C(C(=O)C[C@@H](c3ccc(C(F)(F)F)cc3)C2)[C@H]1c1ccc(OC)cc1. The Morgan fingerprint density at radius 2 is 1.63 bits per heavy atom. The van der Waals surface area contributed by atoms with Gasteiger partial charge in [0.1, 0.15) is 5.75 Å². The zero-order chi connectivity index (χ0) is 29.1. The summed E-state index contributed by atoms with van der Waals surface area (Å²) >= 11 is 0. The third-order valence-electron chi connectivity index (χ3n) is 7.89. The van der Waals surface area contributed by atoms with Gasteiger partial charge >= 0.3 is 6.18 Å². The van der Waals surface area contributed by atoms with Crippen LogP contribution in [0.5, 0.6) is 5.75 Å². The third kappa shape index (κ3) is 5.87. The van der Waals surface area contributed by atoms with Gasteiger partial charge in [0.25, 0.3) is 0 Å². The molecule has 41 heavy (non-hydrogen) atoms. The highest BCUT2D eigenvalue weighted by Gasteiger charge is 2.41. The molecule has 0 radical (unpaired) electrons. The number of unbranched alkanes of at least 4 members (excludes halogenated alkanes) is 2. The summed E-state index contributed by atoms with van der Waals surface area (Å²) in [6.07, 6.45) is -0.882. The molecule has 3 aromatic carbocycles. The quantitative estimate of drug-likeness (QED) is 0.295. The number of methoxy groups -OCH3 is 1. The van der Waals surface area contributed by atoms with Crippen molar-refractivity contribution in [1.29, 1.82) is 0 Å². The molecule has 8 heteroatoms. The summed E-state index contributed by atoms with van der Waals surface area (Å²) in [5, 5.41) is 3.46. The number of nitrogens with zero attached hydrogens (tertiary/aromatic N) is 1. The van der Waals surface area contributed by atoms with Crippen molar-refractivity contribution >= 4 is 23.1 Å². The van der Waals surface area contributed by atoms with Gasteiger partial charge in [0.2, 0.25) is 5.91 Å². The van der Waals surface area contributed by atoms with Gasteiger partial charge in [0, 0.05) is 24.1 Å². The maximum Gasteiger partial charge on any atom is 0.416 e. The number of hydrogen-bond donors (Lipinski definition) is 1. The van der Waals surface area contributed by atoms with E-state index in [1.54, 1.807) is 12.0 Å². The summed E-state index contributed by atoms with van der Waals surface area (Å²) < 4.78 is 44.9. The van der Waals surface area contributed by atoms with E-state index in [-0.39, 0.29) is 24.0 Å². The number of carbonyl (C=O) groups is 2. The molecule has 0 bridgehead atoms. The second-order valence-electron chi connectivity index (χ2n) is 10.6. The highest BCUT2D eigenvalue weighted by atomic mass is 19.4. The van der Waals surface area contributed by atoms with E-state index in [0.29, 0.717) is 46.8 Å². The second-order valence-corrected chi connectivity index (χ2v) is 10.6. The molecule has 0 saturated carbocycles. The minimum absolute atomic E-state index is 0.0695. The van der Waals surface area contributed by atoms with Crippen molar-refractivity contribution in [1.82, 2.24) is 0 Å². The average molecular weight is 563 g/mol. The Bertz CT molecular complexity index is 1450. The molecule has 1 aliphatic heterocycles. The number of Topliss-reactive ketones (excluding diaryl/α,β-unsaturated/α-hetero) is 1. The van der Waals surface area contributed by atoms with E-state index < -0.39 is 17.8 Å². The molecule has 1 heterocycles. The van der Waals surface area contributed by atoms with Crippen molar-refractivity contribution in [3.8, 4) is 5.75 Å². The number of nitrogens with one attached hydrogen (secondary N) is 1. The molecule has 1 amide bonds. The monoisotopic (exact) mass is 562 g/mol. The lowest BCUT2D eigenvalue weighted by molar-refractivity contribution is -0.137. The topological polar surface area (TPSA) is 58.6 Å². The van der Waals surface area contributed by atoms with E-state index in [0.717, 1.165) is 37.0 Å². The van der Waals surface area contributed by atoms with Gasteiger partial charge in [0.05, 0.1) is 30.1 Å². The Morgan fingerprint density at radius 3 is 2.29 bits per heavy atom. The lowest BCUT2D eigenvalue weighted by Gasteiger charge is -2.35. The summed E-state index contributed by atoms with van der Waals surface area (Å²) in [5.74, 6) is 0.156. The van der Waals surface area contributed by atoms with Crippen molar-refractivity contribution in [3.05, 3.63) is 101 Å². The average Bonchev–Trinajstić information content (AvgIpc) is 3.11. The number of amides is 1. The van der Waals surface area contributed by atoms with Gasteiger partial charge in [-0.2, -0.15) is 13.2 Å². The van der Waals surface area contributed by atoms with Crippen LogP contribution >= 0.6 is 0 Å². The normalized spacial score (nSPS) is 18.8. The Kier molecular flexibility index (Phi) is 8.20. The summed E-state index contributed by atoms with van der Waals surface area (Å²) in [6, 6.07) is 19.3. The van der Waals surface area contributed by atoms with Crippen LogP contribution in [0.2, 0.25) is 0 Å². The van der Waals surface area contributed by atoms with Gasteiger partial charge in [-0.15, -0.1) is 0 Å². The van der Waals surface area contributed by atoms with Gasteiger partial charge < -0.3 is 10.1 Å². The molecule has 1 aliphatic carbocycles. The molecule has 5 nitrogen and oxygen atoms in total. The number of alkyl halides is 3. The maximum atomic E-state index is 14.0. The van der Waals surface area contributed by atoms with Crippen LogP contribution in [-0.2, 0) is 15.8 Å². The Labute approximate surface area is 238 Å². The second kappa shape index (κ2) is 11.8. The molecular formula is C33H33F3N2O3. The van der Waals surface area contributed by atoms with Crippen molar-refractivity contribution in [3.63, 3.8) is 0 Å². The Morgan fingerprint density at radius 1 is 0.951 bits per heavy atom. The molecule has 1 N–H and O–H groups in total. The van der Waals surface area contributed by atoms with Crippen LogP contribution in [-0.4, -0.2) is 18.8 Å². The number of fused-ring (bicyclic) bond motifs is 1. The van der Waals surface area contributed by atoms with Gasteiger partial charge in [-0.3, -0.25) is 14.5 Å². The number of hydrogen-bond acceptors (Lipinski definition) is 4. The van der Waals surface area contributed by atoms with Crippen LogP contribution in [0.25, 0.3) is 0 Å². The predicted octanol–water partition coefficient (Wildman–Crippen LogP) is 8.19. The summed E-state index contributed by atoms with van der Waals surface area (Å²) in [7, 11) is 1.58. The number of ketones is 1. The molecule has 2 atom stereocenters. The number of allylic oxidation sites excluding steroid dienone is 1. The van der Waals surface area contributed by atoms with E-state index in [1.807, 2.05) is 48.5 Å². The number of ether oxygens (including phenoxy) is 1. The number of halogens is 3. The van der Waals surface area contributed by atoms with Gasteiger partial charge in [-0.05, 0) is 66.3 Å². The number of carbonyl (C=O) groups excluding carboxylic acids is 2. The van der Waals surface area contributed by atoms with Gasteiger partial charge in [0.15, 0.2) is 5.78 Å². The smallest absolute Gasteiger partial charge is 0.416 e. The van der Waals surface area contributed by atoms with E-state index in [4.69, 9.17) is 4.74 Å². The number of para-hydroxylation sites is 2. The first-order valence-corrected chi connectivity index (χ1v) is 14.0. The molecule has 0 fully saturated rings. The van der Waals surface area contributed by atoms with Crippen LogP contribution in [0, 0.1) is 0 Å². The number of benzene rings is 3. The summed E-state index contributed by atoms with van der Waals surface area (Å²) in [5.41, 5.74) is 3.32. The lowest BCUT2D eigenvalue weighted by atomic mass is 9.78. The van der Waals surface area contributed by atoms with Crippen LogP contribution in [0.1, 0.15) is 74.1 Å². The molecule has 0 saturated heterocycles. The van der Waals surface area contributed by atoms with Crippen molar-refractivity contribution in [2.45, 2.75) is 63.6 Å². The predicted molar refractivity (Wildman–Crippen MR) is 153 cm³/mol. The first kappa shape index (κ1) is 28.5. The lowest BCUT2D eigenvalue weighted by Crippen LogP contribution is -2.38. The fraction of sp³-hybridized carbons (Fsp3) is 0.333. The van der Waals surface area contributed by atoms with E-state index in [2.05, 4.69) is 12.2 Å². The maximum absolute atomic E-state index is 14.0. The van der Waals surface area contributed by atoms with Gasteiger partial charge in [-0.25, -0.2) is 0 Å². The first-order valence-electron chi connectivity index (χ1n) is 14.0. The molecule has 214 valence electrons. The third-order valence-corrected chi connectivity index (χ3v) is 7.89. The van der Waals surface area contributed by atoms with Gasteiger partial charge in [-0.1, -0.05) is 56.2 Å². The zero-order valence-electron chi connectivity index (χ0n) is 23.1. The molecular weight excluding hydrogens is 529 g/mol. The summed E-state index contributed by atoms with van der Waals surface area (Å²) in [6.45, 7) is 2.08. The fourth-order valence-electron chi connectivity index (χ4n) is 5.79. The highest BCUT2D eigenvalue weighted by molar-refractivity contribution is 6.06. The largest absolute Gasteiger partial charge is 0.497 e. The molecule has 2 aliphatic rings. The van der Waals surface area contributed by atoms with E-state index in [1.165, 1.54) is 12.1 Å². The van der Waals surface area contributed by atoms with Crippen molar-refractivity contribution in [2.24, 2.45) is 0 Å². The van der Waals surface area contributed by atoms with Crippen LogP contribution in [0.4, 0.5) is 24.5 Å². The van der Waals surface area contributed by atoms with Crippen LogP contribution in [0.15, 0.2) is 84.1 Å². The fourth-order valence-corrected chi connectivity index (χ4v) is 5.79. The van der Waals surface area contributed by atoms with E-state index >= 15 is 0 Å². The number of rotatable bonds is 7. The highest BCUT2D eigenvalue weighted by Crippen LogP contribution is 2.48. The Hall–Kier alpha value is -4.07. The molecule has 0 unspecified atom stereocenters. The van der Waals surface area contributed by atoms with Crippen LogP contribution < -0.4 is 15.0 Å². The van der Waals surface area contributed by atoms with E-state index in [9.17, 15) is 22.8 Å². The first-order chi connectivity index (χ1) is 19.7. The molecule has 0 spiro atoms.